The van der Waals surface area contributed by atoms with Gasteiger partial charge < -0.3 is 9.47 Å². The summed E-state index contributed by atoms with van der Waals surface area (Å²) in [4.78, 5) is 38.7. The lowest BCUT2D eigenvalue weighted by Crippen LogP contribution is -2.43. The highest BCUT2D eigenvalue weighted by molar-refractivity contribution is 6.19. The number of nitrogens with zero attached hydrogens (tertiary/aromatic N) is 4. The number of carbonyl (C=O) groups excluding carboxylic acids is 3. The molecule has 4 rings (SSSR count). The normalized spacial score (nSPS) is 14.4. The molecule has 0 spiro atoms. The summed E-state index contributed by atoms with van der Waals surface area (Å²) in [5.74, 6) is -0.931. The van der Waals surface area contributed by atoms with Crippen molar-refractivity contribution in [3.05, 3.63) is 83.1 Å². The Morgan fingerprint density at radius 1 is 1.07 bits per heavy atom. The van der Waals surface area contributed by atoms with Crippen molar-refractivity contribution in [2.75, 3.05) is 19.8 Å². The number of rotatable bonds is 10. The molecule has 0 fully saturated rings. The van der Waals surface area contributed by atoms with Crippen LogP contribution in [0.5, 0.6) is 5.75 Å². The summed E-state index contributed by atoms with van der Waals surface area (Å²) < 4.78 is 12.5. The van der Waals surface area contributed by atoms with Crippen LogP contribution in [0.25, 0.3) is 23.0 Å². The maximum atomic E-state index is 13.6. The van der Waals surface area contributed by atoms with E-state index in [-0.39, 0.29) is 30.7 Å². The van der Waals surface area contributed by atoms with Crippen LogP contribution in [0.2, 0.25) is 0 Å². The molecular weight excluding hydrogens is 508 g/mol. The standard InChI is InChI=1S/C31H30N4O5/c1-4-15-40-26-13-8-10-23(17-26)29-24(20-35(33-29)25-11-6-5-7-12-25)18-27-21(2)28(19-32)31(38)34(30(27)37)14-9-16-39-22(3)36/h5-8,10-13,17-18,20H,4,9,14-16H2,1-3H3/b27-18+. The maximum Gasteiger partial charge on any atom is 0.302 e. The van der Waals surface area contributed by atoms with E-state index in [1.807, 2.05) is 73.8 Å². The molecule has 9 heteroatoms. The highest BCUT2D eigenvalue weighted by Crippen LogP contribution is 2.32. The van der Waals surface area contributed by atoms with Gasteiger partial charge in [-0.05, 0) is 55.7 Å². The van der Waals surface area contributed by atoms with Crippen molar-refractivity contribution in [1.82, 2.24) is 14.7 Å². The van der Waals surface area contributed by atoms with Gasteiger partial charge in [-0.25, -0.2) is 4.68 Å². The van der Waals surface area contributed by atoms with Crippen LogP contribution in [0.15, 0.2) is 77.5 Å². The third-order valence-electron chi connectivity index (χ3n) is 6.30. The molecule has 2 aromatic carbocycles. The van der Waals surface area contributed by atoms with E-state index in [0.717, 1.165) is 22.6 Å². The second-order valence-electron chi connectivity index (χ2n) is 9.21. The summed E-state index contributed by atoms with van der Waals surface area (Å²) in [6.45, 7) is 5.56. The molecule has 0 N–H and O–H groups in total. The molecule has 1 aliphatic rings. The molecule has 1 aromatic heterocycles. The maximum absolute atomic E-state index is 13.6. The van der Waals surface area contributed by atoms with E-state index in [9.17, 15) is 19.6 Å². The van der Waals surface area contributed by atoms with E-state index in [0.29, 0.717) is 29.2 Å². The number of aromatic nitrogens is 2. The van der Waals surface area contributed by atoms with E-state index < -0.39 is 17.8 Å². The predicted octanol–water partition coefficient (Wildman–Crippen LogP) is 4.87. The monoisotopic (exact) mass is 538 g/mol. The first-order valence-corrected chi connectivity index (χ1v) is 13.0. The fourth-order valence-corrected chi connectivity index (χ4v) is 4.31. The Labute approximate surface area is 232 Å². The van der Waals surface area contributed by atoms with Gasteiger partial charge in [0.05, 0.1) is 18.9 Å². The Morgan fingerprint density at radius 2 is 1.85 bits per heavy atom. The summed E-state index contributed by atoms with van der Waals surface area (Å²) in [7, 11) is 0. The number of para-hydroxylation sites is 1. The molecule has 0 aliphatic carbocycles. The first kappa shape index (κ1) is 28.0. The Kier molecular flexibility index (Phi) is 8.92. The minimum atomic E-state index is -0.661. The molecule has 0 bridgehead atoms. The second-order valence-corrected chi connectivity index (χ2v) is 9.21. The molecule has 0 radical (unpaired) electrons. The number of amides is 2. The molecular formula is C31H30N4O5. The van der Waals surface area contributed by atoms with E-state index in [4.69, 9.17) is 14.6 Å². The molecule has 0 atom stereocenters. The SMILES string of the molecule is CCCOc1cccc(-c2nn(-c3ccccc3)cc2/C=C2/C(=O)N(CCCOC(C)=O)C(=O)C(C#N)=C2C)c1. The predicted molar refractivity (Wildman–Crippen MR) is 149 cm³/mol. The molecule has 40 heavy (non-hydrogen) atoms. The summed E-state index contributed by atoms with van der Waals surface area (Å²) in [5, 5.41) is 14.6. The molecule has 0 saturated carbocycles. The van der Waals surface area contributed by atoms with Crippen LogP contribution < -0.4 is 4.74 Å². The van der Waals surface area contributed by atoms with Gasteiger partial charge in [-0.15, -0.1) is 0 Å². The number of ether oxygens (including phenoxy) is 2. The van der Waals surface area contributed by atoms with Gasteiger partial charge in [-0.2, -0.15) is 10.4 Å². The molecule has 3 aromatic rings. The van der Waals surface area contributed by atoms with Gasteiger partial charge in [0.25, 0.3) is 11.8 Å². The molecule has 0 saturated heterocycles. The Morgan fingerprint density at radius 3 is 2.55 bits per heavy atom. The number of benzene rings is 2. The quantitative estimate of drug-likeness (QED) is 0.156. The van der Waals surface area contributed by atoms with Gasteiger partial charge in [0, 0.05) is 36.4 Å². The molecule has 2 amide bonds. The van der Waals surface area contributed by atoms with Crippen LogP contribution >= 0.6 is 0 Å². The second kappa shape index (κ2) is 12.7. The van der Waals surface area contributed by atoms with E-state index in [1.54, 1.807) is 17.7 Å². The lowest BCUT2D eigenvalue weighted by atomic mass is 9.93. The van der Waals surface area contributed by atoms with E-state index in [1.165, 1.54) is 6.92 Å². The number of carbonyl (C=O) groups is 3. The van der Waals surface area contributed by atoms with Gasteiger partial charge >= 0.3 is 5.97 Å². The fourth-order valence-electron chi connectivity index (χ4n) is 4.31. The number of hydrogen-bond acceptors (Lipinski definition) is 7. The zero-order valence-electron chi connectivity index (χ0n) is 22.7. The van der Waals surface area contributed by atoms with Crippen LogP contribution in [0, 0.1) is 11.3 Å². The molecule has 9 nitrogen and oxygen atoms in total. The Hall–Kier alpha value is -4.97. The number of esters is 1. The van der Waals surface area contributed by atoms with Crippen LogP contribution in [0.4, 0.5) is 0 Å². The summed E-state index contributed by atoms with van der Waals surface area (Å²) >= 11 is 0. The van der Waals surface area contributed by atoms with E-state index >= 15 is 0 Å². The largest absolute Gasteiger partial charge is 0.494 e. The highest BCUT2D eigenvalue weighted by atomic mass is 16.5. The van der Waals surface area contributed by atoms with Crippen molar-refractivity contribution < 1.29 is 23.9 Å². The number of hydrogen-bond donors (Lipinski definition) is 0. The minimum absolute atomic E-state index is 0.00763. The lowest BCUT2D eigenvalue weighted by Gasteiger charge is -2.27. The topological polar surface area (TPSA) is 115 Å². The Bertz CT molecular complexity index is 1530. The highest BCUT2D eigenvalue weighted by Gasteiger charge is 2.35. The first-order chi connectivity index (χ1) is 19.3. The van der Waals surface area contributed by atoms with Crippen molar-refractivity contribution in [2.45, 2.75) is 33.6 Å². The molecule has 204 valence electrons. The first-order valence-electron chi connectivity index (χ1n) is 13.0. The van der Waals surface area contributed by atoms with Crippen LogP contribution in [0.1, 0.15) is 39.2 Å². The smallest absolute Gasteiger partial charge is 0.302 e. The van der Waals surface area contributed by atoms with Gasteiger partial charge in [-0.3, -0.25) is 19.3 Å². The van der Waals surface area contributed by atoms with Crippen molar-refractivity contribution >= 4 is 23.9 Å². The molecule has 0 unspecified atom stereocenters. The Balaban J connectivity index is 1.80. The van der Waals surface area contributed by atoms with Crippen molar-refractivity contribution in [3.8, 4) is 28.8 Å². The average Bonchev–Trinajstić information content (AvgIpc) is 3.38. The van der Waals surface area contributed by atoms with Crippen LogP contribution in [0.3, 0.4) is 0 Å². The van der Waals surface area contributed by atoms with Gasteiger partial charge in [-0.1, -0.05) is 37.3 Å². The third-order valence-corrected chi connectivity index (χ3v) is 6.30. The molecule has 1 aliphatic heterocycles. The summed E-state index contributed by atoms with van der Waals surface area (Å²) in [5.41, 5.74) is 3.26. The van der Waals surface area contributed by atoms with Crippen molar-refractivity contribution in [3.63, 3.8) is 0 Å². The van der Waals surface area contributed by atoms with Crippen LogP contribution in [-0.4, -0.2) is 52.2 Å². The van der Waals surface area contributed by atoms with Crippen molar-refractivity contribution in [1.29, 1.82) is 5.26 Å². The van der Waals surface area contributed by atoms with Gasteiger partial charge in [0.2, 0.25) is 0 Å². The van der Waals surface area contributed by atoms with Crippen molar-refractivity contribution in [2.24, 2.45) is 0 Å². The average molecular weight is 539 g/mol. The van der Waals surface area contributed by atoms with Gasteiger partial charge in [0.15, 0.2) is 0 Å². The summed E-state index contributed by atoms with van der Waals surface area (Å²) in [6.07, 6.45) is 4.60. The fraction of sp³-hybridized carbons (Fsp3) is 0.258. The zero-order valence-corrected chi connectivity index (χ0v) is 22.7. The molecule has 2 heterocycles. The number of imide groups is 1. The van der Waals surface area contributed by atoms with Gasteiger partial charge in [0.1, 0.15) is 23.1 Å². The minimum Gasteiger partial charge on any atom is -0.494 e. The summed E-state index contributed by atoms with van der Waals surface area (Å²) in [6, 6.07) is 19.1. The number of nitriles is 1. The van der Waals surface area contributed by atoms with E-state index in [2.05, 4.69) is 0 Å². The third kappa shape index (κ3) is 6.18. The zero-order chi connectivity index (χ0) is 28.6. The lowest BCUT2D eigenvalue weighted by molar-refractivity contribution is -0.141. The van der Waals surface area contributed by atoms with Crippen LogP contribution in [-0.2, 0) is 19.1 Å².